The molecule has 0 unspecified atom stereocenters. The maximum absolute atomic E-state index is 10.9. The number of nitrogens with zero attached hydrogens (tertiary/aromatic N) is 1. The fourth-order valence-electron chi connectivity index (χ4n) is 1.21. The van der Waals surface area contributed by atoms with E-state index in [1.165, 1.54) is 0 Å². The van der Waals surface area contributed by atoms with Crippen molar-refractivity contribution in [2.75, 3.05) is 13.2 Å². The molecule has 4 nitrogen and oxygen atoms in total. The lowest BCUT2D eigenvalue weighted by atomic mass is 10.1. The molecule has 1 aliphatic heterocycles. The Kier molecular flexibility index (Phi) is 3.55. The summed E-state index contributed by atoms with van der Waals surface area (Å²) in [4.78, 5) is 10.9. The van der Waals surface area contributed by atoms with Gasteiger partial charge in [-0.15, -0.1) is 0 Å². The van der Waals surface area contributed by atoms with Gasteiger partial charge in [-0.1, -0.05) is 0 Å². The maximum atomic E-state index is 10.9. The van der Waals surface area contributed by atoms with E-state index in [-0.39, 0.29) is 18.4 Å². The first-order valence-electron chi connectivity index (χ1n) is 4.07. The van der Waals surface area contributed by atoms with E-state index in [1.54, 1.807) is 6.07 Å². The highest BCUT2D eigenvalue weighted by Crippen LogP contribution is 2.05. The van der Waals surface area contributed by atoms with Crippen LogP contribution in [0.2, 0.25) is 0 Å². The Balaban J connectivity index is 2.21. The second-order valence-corrected chi connectivity index (χ2v) is 2.82. The van der Waals surface area contributed by atoms with Crippen LogP contribution in [0, 0.1) is 11.3 Å². The van der Waals surface area contributed by atoms with Gasteiger partial charge in [0, 0.05) is 6.61 Å². The number of hydrogen-bond acceptors (Lipinski definition) is 3. The van der Waals surface area contributed by atoms with Crippen LogP contribution in [0.1, 0.15) is 19.3 Å². The molecular formula is C8H12N2O2. The summed E-state index contributed by atoms with van der Waals surface area (Å²) in [6.07, 6.45) is 1.88. The Morgan fingerprint density at radius 1 is 1.75 bits per heavy atom. The van der Waals surface area contributed by atoms with Gasteiger partial charge in [0.2, 0.25) is 5.91 Å². The number of rotatable bonds is 2. The second-order valence-electron chi connectivity index (χ2n) is 2.82. The lowest BCUT2D eigenvalue weighted by Crippen LogP contribution is -2.40. The number of carbonyl (C=O) groups excluding carboxylic acids is 1. The van der Waals surface area contributed by atoms with Gasteiger partial charge in [-0.25, -0.2) is 0 Å². The molecule has 4 heteroatoms. The lowest BCUT2D eigenvalue weighted by Gasteiger charge is -2.22. The largest absolute Gasteiger partial charge is 0.379 e. The van der Waals surface area contributed by atoms with Gasteiger partial charge < -0.3 is 10.1 Å². The van der Waals surface area contributed by atoms with Crippen LogP contribution in [0.15, 0.2) is 0 Å². The second kappa shape index (κ2) is 4.73. The van der Waals surface area contributed by atoms with Crippen LogP contribution in [0.5, 0.6) is 0 Å². The molecule has 0 aliphatic carbocycles. The van der Waals surface area contributed by atoms with Gasteiger partial charge in [0.1, 0.15) is 6.42 Å². The number of ether oxygens (including phenoxy) is 1. The SMILES string of the molecule is N#CCC(=O)N[C@H]1CCCOC1. The van der Waals surface area contributed by atoms with Crippen LogP contribution in [0.25, 0.3) is 0 Å². The van der Waals surface area contributed by atoms with Crippen molar-refractivity contribution in [2.24, 2.45) is 0 Å². The van der Waals surface area contributed by atoms with Crippen molar-refractivity contribution in [3.05, 3.63) is 0 Å². The first-order chi connectivity index (χ1) is 5.83. The molecule has 1 N–H and O–H groups in total. The summed E-state index contributed by atoms with van der Waals surface area (Å²) in [6.45, 7) is 1.36. The lowest BCUT2D eigenvalue weighted by molar-refractivity contribution is -0.121. The monoisotopic (exact) mass is 168 g/mol. The van der Waals surface area contributed by atoms with E-state index < -0.39 is 0 Å². The van der Waals surface area contributed by atoms with Crippen molar-refractivity contribution in [2.45, 2.75) is 25.3 Å². The molecule has 66 valence electrons. The molecule has 0 radical (unpaired) electrons. The van der Waals surface area contributed by atoms with E-state index in [1.807, 2.05) is 0 Å². The van der Waals surface area contributed by atoms with E-state index in [0.717, 1.165) is 19.4 Å². The smallest absolute Gasteiger partial charge is 0.234 e. The van der Waals surface area contributed by atoms with Crippen molar-refractivity contribution in [3.63, 3.8) is 0 Å². The third-order valence-electron chi connectivity index (χ3n) is 1.77. The van der Waals surface area contributed by atoms with Crippen LogP contribution in [-0.2, 0) is 9.53 Å². The molecule has 1 saturated heterocycles. The van der Waals surface area contributed by atoms with Gasteiger partial charge in [0.15, 0.2) is 0 Å². The minimum atomic E-state index is -0.201. The van der Waals surface area contributed by atoms with Crippen LogP contribution < -0.4 is 5.32 Å². The summed E-state index contributed by atoms with van der Waals surface area (Å²) < 4.78 is 5.16. The zero-order valence-corrected chi connectivity index (χ0v) is 6.88. The van der Waals surface area contributed by atoms with Crippen LogP contribution >= 0.6 is 0 Å². The minimum Gasteiger partial charge on any atom is -0.379 e. The minimum absolute atomic E-state index is 0.0590. The number of carbonyl (C=O) groups is 1. The van der Waals surface area contributed by atoms with Gasteiger partial charge in [-0.2, -0.15) is 5.26 Å². The van der Waals surface area contributed by atoms with Gasteiger partial charge >= 0.3 is 0 Å². The summed E-state index contributed by atoms with van der Waals surface area (Å²) in [7, 11) is 0. The summed E-state index contributed by atoms with van der Waals surface area (Å²) >= 11 is 0. The summed E-state index contributed by atoms with van der Waals surface area (Å²) in [5, 5.41) is 11.0. The van der Waals surface area contributed by atoms with Crippen molar-refractivity contribution in [3.8, 4) is 6.07 Å². The highest BCUT2D eigenvalue weighted by molar-refractivity contribution is 5.78. The molecule has 1 rings (SSSR count). The first-order valence-corrected chi connectivity index (χ1v) is 4.07. The molecule has 1 amide bonds. The zero-order chi connectivity index (χ0) is 8.81. The standard InChI is InChI=1S/C8H12N2O2/c9-4-3-8(11)10-7-2-1-5-12-6-7/h7H,1-3,5-6H2,(H,10,11)/t7-/m0/s1. The summed E-state index contributed by atoms with van der Waals surface area (Å²) in [6, 6.07) is 1.91. The molecule has 1 fully saturated rings. The zero-order valence-electron chi connectivity index (χ0n) is 6.88. The van der Waals surface area contributed by atoms with Gasteiger partial charge in [0.05, 0.1) is 18.7 Å². The quantitative estimate of drug-likeness (QED) is 0.640. The highest BCUT2D eigenvalue weighted by Gasteiger charge is 2.15. The Morgan fingerprint density at radius 3 is 3.17 bits per heavy atom. The fraction of sp³-hybridized carbons (Fsp3) is 0.750. The molecule has 1 aliphatic rings. The van der Waals surface area contributed by atoms with Crippen molar-refractivity contribution in [1.82, 2.24) is 5.32 Å². The highest BCUT2D eigenvalue weighted by atomic mass is 16.5. The fourth-order valence-corrected chi connectivity index (χ4v) is 1.21. The van der Waals surface area contributed by atoms with E-state index in [4.69, 9.17) is 10.00 Å². The van der Waals surface area contributed by atoms with Crippen molar-refractivity contribution >= 4 is 5.91 Å². The van der Waals surface area contributed by atoms with Gasteiger partial charge in [-0.05, 0) is 12.8 Å². The van der Waals surface area contributed by atoms with E-state index in [2.05, 4.69) is 5.32 Å². The summed E-state index contributed by atoms with van der Waals surface area (Å²) in [5.74, 6) is -0.201. The first kappa shape index (κ1) is 9.01. The molecule has 0 saturated carbocycles. The number of hydrogen-bond donors (Lipinski definition) is 1. The number of nitrogens with one attached hydrogen (secondary N) is 1. The Bertz CT molecular complexity index is 192. The van der Waals surface area contributed by atoms with E-state index in [0.29, 0.717) is 6.61 Å². The molecule has 12 heavy (non-hydrogen) atoms. The average molecular weight is 168 g/mol. The van der Waals surface area contributed by atoms with E-state index in [9.17, 15) is 4.79 Å². The molecule has 1 heterocycles. The third-order valence-corrected chi connectivity index (χ3v) is 1.77. The molecular weight excluding hydrogens is 156 g/mol. The molecule has 0 aromatic rings. The van der Waals surface area contributed by atoms with E-state index >= 15 is 0 Å². The van der Waals surface area contributed by atoms with Crippen molar-refractivity contribution < 1.29 is 9.53 Å². The molecule has 1 atom stereocenters. The maximum Gasteiger partial charge on any atom is 0.234 e. The predicted octanol–water partition coefficient (Wildman–Crippen LogP) is 0.195. The number of nitriles is 1. The normalized spacial score (nSPS) is 22.8. The third kappa shape index (κ3) is 2.89. The van der Waals surface area contributed by atoms with Gasteiger partial charge in [0.25, 0.3) is 0 Å². The molecule has 0 aromatic heterocycles. The van der Waals surface area contributed by atoms with Gasteiger partial charge in [-0.3, -0.25) is 4.79 Å². The topological polar surface area (TPSA) is 62.1 Å². The van der Waals surface area contributed by atoms with Crippen LogP contribution in [0.3, 0.4) is 0 Å². The Morgan fingerprint density at radius 2 is 2.58 bits per heavy atom. The molecule has 0 spiro atoms. The average Bonchev–Trinajstić information content (AvgIpc) is 2.06. The molecule has 0 bridgehead atoms. The van der Waals surface area contributed by atoms with Crippen LogP contribution in [-0.4, -0.2) is 25.2 Å². The van der Waals surface area contributed by atoms with Crippen LogP contribution in [0.4, 0.5) is 0 Å². The Hall–Kier alpha value is -1.08. The molecule has 0 aromatic carbocycles. The van der Waals surface area contributed by atoms with Crippen molar-refractivity contribution in [1.29, 1.82) is 5.26 Å². The summed E-state index contributed by atoms with van der Waals surface area (Å²) in [5.41, 5.74) is 0. The Labute approximate surface area is 71.5 Å². The predicted molar refractivity (Wildman–Crippen MR) is 42.2 cm³/mol. The number of amides is 1.